The molecular weight excluding hydrogens is 312 g/mol. The third-order valence-corrected chi connectivity index (χ3v) is 6.29. The van der Waals surface area contributed by atoms with Crippen molar-refractivity contribution >= 4 is 5.95 Å². The molecule has 2 saturated heterocycles. The van der Waals surface area contributed by atoms with Crippen LogP contribution < -0.4 is 5.73 Å². The van der Waals surface area contributed by atoms with Crippen molar-refractivity contribution in [1.82, 2.24) is 14.9 Å². The Morgan fingerprint density at radius 2 is 2.00 bits per heavy atom. The molecule has 2 N–H and O–H groups in total. The largest absolute Gasteiger partial charge is 0.368 e. The molecule has 2 aliphatic heterocycles. The van der Waals surface area contributed by atoms with Gasteiger partial charge in [0.15, 0.2) is 0 Å². The predicted molar refractivity (Wildman–Crippen MR) is 95.4 cm³/mol. The third-order valence-electron chi connectivity index (χ3n) is 6.29. The molecule has 3 fully saturated rings. The molecule has 5 nitrogen and oxygen atoms in total. The Balaban J connectivity index is 1.40. The van der Waals surface area contributed by atoms with Crippen molar-refractivity contribution in [3.63, 3.8) is 0 Å². The number of likely N-dealkylation sites (tertiary alicyclic amines) is 1. The normalized spacial score (nSPS) is 33.7. The van der Waals surface area contributed by atoms with Gasteiger partial charge in [-0.25, -0.2) is 9.97 Å². The number of hydrogen-bond donors (Lipinski definition) is 1. The van der Waals surface area contributed by atoms with Crippen LogP contribution in [0.5, 0.6) is 0 Å². The van der Waals surface area contributed by atoms with Crippen LogP contribution in [-0.2, 0) is 16.9 Å². The monoisotopic (exact) mass is 336 g/mol. The molecule has 2 aromatic rings. The maximum absolute atomic E-state index is 6.62. The highest BCUT2D eigenvalue weighted by atomic mass is 16.6. The Kier molecular flexibility index (Phi) is 3.37. The zero-order chi connectivity index (χ0) is 17.0. The fourth-order valence-electron chi connectivity index (χ4n) is 5.16. The molecule has 5 rings (SSSR count). The van der Waals surface area contributed by atoms with E-state index in [0.717, 1.165) is 31.0 Å². The number of nitrogen functional groups attached to an aromatic ring is 1. The fraction of sp³-hybridized carbons (Fsp3) is 0.500. The van der Waals surface area contributed by atoms with Gasteiger partial charge in [0.25, 0.3) is 0 Å². The molecule has 4 unspecified atom stereocenters. The number of nitrogens with two attached hydrogens (primary N) is 1. The average Bonchev–Trinajstić information content (AvgIpc) is 2.92. The van der Waals surface area contributed by atoms with Crippen LogP contribution >= 0.6 is 0 Å². The summed E-state index contributed by atoms with van der Waals surface area (Å²) >= 11 is 0. The van der Waals surface area contributed by atoms with Crippen LogP contribution in [0.25, 0.3) is 0 Å². The smallest absolute Gasteiger partial charge is 0.219 e. The van der Waals surface area contributed by atoms with E-state index in [9.17, 15) is 0 Å². The van der Waals surface area contributed by atoms with E-state index in [1.54, 1.807) is 0 Å². The lowest BCUT2D eigenvalue weighted by Crippen LogP contribution is -2.61. The van der Waals surface area contributed by atoms with Crippen LogP contribution in [-0.4, -0.2) is 27.6 Å². The lowest BCUT2D eigenvalue weighted by atomic mass is 9.63. The molecule has 25 heavy (non-hydrogen) atoms. The Labute approximate surface area is 148 Å². The maximum atomic E-state index is 6.62. The number of benzene rings is 1. The summed E-state index contributed by atoms with van der Waals surface area (Å²) in [4.78, 5) is 10.7. The molecule has 130 valence electrons. The molecule has 0 spiro atoms. The van der Waals surface area contributed by atoms with Crippen LogP contribution in [0.15, 0.2) is 36.7 Å². The molecule has 0 radical (unpaired) electrons. The van der Waals surface area contributed by atoms with E-state index in [2.05, 4.69) is 46.1 Å². The lowest BCUT2D eigenvalue weighted by Gasteiger charge is -2.57. The van der Waals surface area contributed by atoms with Crippen molar-refractivity contribution in [3.05, 3.63) is 53.3 Å². The van der Waals surface area contributed by atoms with Gasteiger partial charge >= 0.3 is 0 Å². The topological polar surface area (TPSA) is 64.3 Å². The van der Waals surface area contributed by atoms with Gasteiger partial charge in [-0.05, 0) is 37.7 Å². The minimum Gasteiger partial charge on any atom is -0.368 e. The SMILES string of the molecule is Cc1ccc(C23CCCC4CN(Cc5cnc(N)nc5)C(O2)C43)cc1. The van der Waals surface area contributed by atoms with Crippen LogP contribution in [0.4, 0.5) is 5.95 Å². The first-order valence-corrected chi connectivity index (χ1v) is 9.21. The molecule has 0 bridgehead atoms. The number of ether oxygens (including phenoxy) is 1. The van der Waals surface area contributed by atoms with Gasteiger partial charge in [0, 0.05) is 37.0 Å². The summed E-state index contributed by atoms with van der Waals surface area (Å²) in [5, 5.41) is 0. The molecule has 3 aliphatic rings. The van der Waals surface area contributed by atoms with Gasteiger partial charge in [-0.1, -0.05) is 29.8 Å². The molecule has 4 atom stereocenters. The maximum Gasteiger partial charge on any atom is 0.219 e. The number of aromatic nitrogens is 2. The first-order chi connectivity index (χ1) is 12.2. The highest BCUT2D eigenvalue weighted by Gasteiger charge is 2.65. The summed E-state index contributed by atoms with van der Waals surface area (Å²) in [5.41, 5.74) is 9.30. The number of hydrogen-bond acceptors (Lipinski definition) is 5. The van der Waals surface area contributed by atoms with E-state index < -0.39 is 0 Å². The van der Waals surface area contributed by atoms with E-state index in [4.69, 9.17) is 10.5 Å². The molecule has 1 aromatic heterocycles. The van der Waals surface area contributed by atoms with Crippen molar-refractivity contribution in [1.29, 1.82) is 0 Å². The zero-order valence-corrected chi connectivity index (χ0v) is 14.6. The van der Waals surface area contributed by atoms with Gasteiger partial charge < -0.3 is 10.5 Å². The van der Waals surface area contributed by atoms with Crippen LogP contribution in [0, 0.1) is 18.8 Å². The van der Waals surface area contributed by atoms with Gasteiger partial charge in [0.05, 0.1) is 0 Å². The number of anilines is 1. The fourth-order valence-corrected chi connectivity index (χ4v) is 5.16. The zero-order valence-electron chi connectivity index (χ0n) is 14.6. The van der Waals surface area contributed by atoms with E-state index in [-0.39, 0.29) is 11.8 Å². The molecular formula is C20H24N4O. The minimum atomic E-state index is -0.0619. The molecule has 5 heteroatoms. The van der Waals surface area contributed by atoms with Crippen molar-refractivity contribution in [2.75, 3.05) is 12.3 Å². The lowest BCUT2D eigenvalue weighted by molar-refractivity contribution is -0.313. The Morgan fingerprint density at radius 1 is 1.24 bits per heavy atom. The standard InChI is InChI=1S/C20H24N4O/c1-13-4-6-16(7-5-13)20-8-2-3-15-12-24(18(25-20)17(15)20)11-14-9-22-19(21)23-10-14/h4-7,9-10,15,17-18H,2-3,8,11-12H2,1H3,(H2,21,22,23). The molecule has 0 amide bonds. The van der Waals surface area contributed by atoms with Gasteiger partial charge in [-0.15, -0.1) is 0 Å². The van der Waals surface area contributed by atoms with Crippen LogP contribution in [0.2, 0.25) is 0 Å². The van der Waals surface area contributed by atoms with E-state index in [1.165, 1.54) is 24.0 Å². The molecule has 1 aromatic carbocycles. The Hall–Kier alpha value is -1.98. The second-order valence-electron chi connectivity index (χ2n) is 7.82. The van der Waals surface area contributed by atoms with Crippen LogP contribution in [0.1, 0.15) is 36.0 Å². The highest BCUT2D eigenvalue weighted by Crippen LogP contribution is 2.61. The van der Waals surface area contributed by atoms with Gasteiger partial charge in [-0.3, -0.25) is 4.90 Å². The summed E-state index contributed by atoms with van der Waals surface area (Å²) in [5.74, 6) is 1.67. The molecule has 1 saturated carbocycles. The average molecular weight is 336 g/mol. The Morgan fingerprint density at radius 3 is 2.76 bits per heavy atom. The molecule has 3 heterocycles. The Bertz CT molecular complexity index is 775. The highest BCUT2D eigenvalue weighted by molar-refractivity contribution is 5.32. The predicted octanol–water partition coefficient (Wildman–Crippen LogP) is 2.85. The summed E-state index contributed by atoms with van der Waals surface area (Å²) < 4.78 is 6.62. The van der Waals surface area contributed by atoms with Crippen molar-refractivity contribution in [2.45, 2.75) is 44.6 Å². The third kappa shape index (κ3) is 2.29. The summed E-state index contributed by atoms with van der Waals surface area (Å²) in [6.07, 6.45) is 7.59. The van der Waals surface area contributed by atoms with E-state index in [1.807, 2.05) is 12.4 Å². The first-order valence-electron chi connectivity index (χ1n) is 9.21. The quantitative estimate of drug-likeness (QED) is 0.934. The van der Waals surface area contributed by atoms with E-state index in [0.29, 0.717) is 11.9 Å². The van der Waals surface area contributed by atoms with Gasteiger partial charge in [0.2, 0.25) is 5.95 Å². The second kappa shape index (κ2) is 5.51. The van der Waals surface area contributed by atoms with Gasteiger partial charge in [0.1, 0.15) is 11.8 Å². The van der Waals surface area contributed by atoms with Crippen molar-refractivity contribution in [2.24, 2.45) is 11.8 Å². The van der Waals surface area contributed by atoms with E-state index >= 15 is 0 Å². The summed E-state index contributed by atoms with van der Waals surface area (Å²) in [7, 11) is 0. The first kappa shape index (κ1) is 15.3. The van der Waals surface area contributed by atoms with Gasteiger partial charge in [-0.2, -0.15) is 0 Å². The van der Waals surface area contributed by atoms with Crippen molar-refractivity contribution in [3.8, 4) is 0 Å². The van der Waals surface area contributed by atoms with Crippen molar-refractivity contribution < 1.29 is 4.74 Å². The number of rotatable bonds is 3. The summed E-state index contributed by atoms with van der Waals surface area (Å²) in [6.45, 7) is 4.08. The molecule has 1 aliphatic carbocycles. The van der Waals surface area contributed by atoms with Crippen LogP contribution in [0.3, 0.4) is 0 Å². The summed E-state index contributed by atoms with van der Waals surface area (Å²) in [6, 6.07) is 8.96. The number of nitrogens with zero attached hydrogens (tertiary/aromatic N) is 3. The number of aryl methyl sites for hydroxylation is 1. The minimum absolute atomic E-state index is 0.0619. The second-order valence-corrected chi connectivity index (χ2v) is 7.82.